The summed E-state index contributed by atoms with van der Waals surface area (Å²) in [5.41, 5.74) is 2.50. The Morgan fingerprint density at radius 1 is 0.918 bits per heavy atom. The van der Waals surface area contributed by atoms with Crippen molar-refractivity contribution < 1.29 is 22.7 Å². The molecule has 1 aliphatic heterocycles. The molecule has 5 aromatic rings. The molecule has 2 N–H and O–H groups in total. The largest absolute Gasteiger partial charge is 0.444 e. The van der Waals surface area contributed by atoms with E-state index in [1.165, 1.54) is 6.07 Å². The van der Waals surface area contributed by atoms with Crippen molar-refractivity contribution in [2.24, 2.45) is 0 Å². The molecule has 2 aromatic carbocycles. The molecule has 0 radical (unpaired) electrons. The second-order valence-corrected chi connectivity index (χ2v) is 14.6. The van der Waals surface area contributed by atoms with E-state index in [9.17, 15) is 13.2 Å². The Hall–Kier alpha value is -5.30. The van der Waals surface area contributed by atoms with Gasteiger partial charge in [-0.05, 0) is 89.4 Å². The number of sulfonamides is 1. The first-order valence-corrected chi connectivity index (χ1v) is 17.5. The van der Waals surface area contributed by atoms with E-state index < -0.39 is 15.6 Å². The van der Waals surface area contributed by atoms with E-state index in [0.717, 1.165) is 18.4 Å². The number of hydrogen-bond donors (Lipinski definition) is 2. The number of fused-ring (bicyclic) bond motifs is 1. The van der Waals surface area contributed by atoms with Crippen LogP contribution in [-0.4, -0.2) is 64.1 Å². The summed E-state index contributed by atoms with van der Waals surface area (Å²) >= 11 is 0. The number of carbonyl (C=O) groups excluding carboxylic acids is 1. The van der Waals surface area contributed by atoms with E-state index in [-0.39, 0.29) is 17.2 Å². The predicted octanol–water partition coefficient (Wildman–Crippen LogP) is 7.11. The van der Waals surface area contributed by atoms with Gasteiger partial charge in [-0.3, -0.25) is 4.72 Å². The summed E-state index contributed by atoms with van der Waals surface area (Å²) in [6, 6.07) is 19.4. The Kier molecular flexibility index (Phi) is 9.37. The van der Waals surface area contributed by atoms with Crippen LogP contribution in [0.15, 0.2) is 84.1 Å². The highest BCUT2D eigenvalue weighted by molar-refractivity contribution is 7.92. The van der Waals surface area contributed by atoms with Crippen LogP contribution in [0.3, 0.4) is 0 Å². The lowest BCUT2D eigenvalue weighted by molar-refractivity contribution is 0.0206. The first-order chi connectivity index (χ1) is 23.4. The lowest BCUT2D eigenvalue weighted by Gasteiger charge is -2.34. The van der Waals surface area contributed by atoms with E-state index in [1.54, 1.807) is 60.6 Å². The van der Waals surface area contributed by atoms with Crippen LogP contribution < -0.4 is 14.8 Å². The van der Waals surface area contributed by atoms with Crippen molar-refractivity contribution in [1.82, 2.24) is 24.8 Å². The van der Waals surface area contributed by atoms with Crippen molar-refractivity contribution in [3.63, 3.8) is 0 Å². The summed E-state index contributed by atoms with van der Waals surface area (Å²) in [5.74, 6) is 1.28. The Labute approximate surface area is 286 Å². The molecule has 0 aliphatic carbocycles. The molecule has 1 aliphatic rings. The molecular weight excluding hydrogens is 643 g/mol. The SMILES string of the molecule is Cc1cccc(S(=O)(=O)Nc2cccc3c(Oc4ncccc4-c4ccnc(N[C@H]5CCCN(C(=O)OC(C)(C)C)C5)n4)c(C)ccc23)n1. The minimum Gasteiger partial charge on any atom is -0.444 e. The fourth-order valence-electron chi connectivity index (χ4n) is 5.64. The molecule has 0 spiro atoms. The Balaban J connectivity index is 1.26. The maximum atomic E-state index is 13.2. The minimum absolute atomic E-state index is 0.0483. The van der Waals surface area contributed by atoms with Gasteiger partial charge in [-0.1, -0.05) is 30.3 Å². The van der Waals surface area contributed by atoms with Gasteiger partial charge in [0.1, 0.15) is 11.4 Å². The van der Waals surface area contributed by atoms with Gasteiger partial charge >= 0.3 is 6.09 Å². The summed E-state index contributed by atoms with van der Waals surface area (Å²) in [6.45, 7) is 10.3. The molecule has 6 rings (SSSR count). The molecule has 0 bridgehead atoms. The number of likely N-dealkylation sites (tertiary alicyclic amines) is 1. The van der Waals surface area contributed by atoms with Crippen molar-refractivity contribution >= 4 is 38.5 Å². The van der Waals surface area contributed by atoms with Crippen LogP contribution in [0.4, 0.5) is 16.4 Å². The monoisotopic (exact) mass is 681 g/mol. The molecule has 12 nitrogen and oxygen atoms in total. The van der Waals surface area contributed by atoms with Gasteiger partial charge in [0.15, 0.2) is 5.03 Å². The molecule has 4 heterocycles. The Morgan fingerprint density at radius 2 is 1.73 bits per heavy atom. The van der Waals surface area contributed by atoms with Crippen molar-refractivity contribution in [3.05, 3.63) is 90.4 Å². The molecule has 13 heteroatoms. The fourth-order valence-corrected chi connectivity index (χ4v) is 6.73. The summed E-state index contributed by atoms with van der Waals surface area (Å²) in [4.78, 5) is 32.4. The van der Waals surface area contributed by atoms with Gasteiger partial charge in [-0.25, -0.2) is 24.7 Å². The molecule has 1 atom stereocenters. The molecule has 49 heavy (non-hydrogen) atoms. The van der Waals surface area contributed by atoms with Crippen molar-refractivity contribution in [3.8, 4) is 22.9 Å². The van der Waals surface area contributed by atoms with E-state index in [0.29, 0.717) is 64.1 Å². The van der Waals surface area contributed by atoms with E-state index in [2.05, 4.69) is 25.0 Å². The number of aryl methyl sites for hydroxylation is 2. The van der Waals surface area contributed by atoms with E-state index in [1.807, 2.05) is 52.0 Å². The third-order valence-corrected chi connectivity index (χ3v) is 9.17. The van der Waals surface area contributed by atoms with Gasteiger partial charge in [-0.2, -0.15) is 8.42 Å². The number of aromatic nitrogens is 4. The minimum atomic E-state index is -3.94. The normalized spacial score (nSPS) is 15.1. The van der Waals surface area contributed by atoms with Gasteiger partial charge in [0, 0.05) is 48.0 Å². The highest BCUT2D eigenvalue weighted by atomic mass is 32.2. The number of carbonyl (C=O) groups is 1. The zero-order valence-electron chi connectivity index (χ0n) is 28.1. The zero-order chi connectivity index (χ0) is 34.8. The smallest absolute Gasteiger partial charge is 0.410 e. The van der Waals surface area contributed by atoms with Gasteiger partial charge < -0.3 is 19.7 Å². The number of rotatable bonds is 8. The molecule has 0 saturated carbocycles. The summed E-state index contributed by atoms with van der Waals surface area (Å²) in [5, 5.41) is 4.68. The summed E-state index contributed by atoms with van der Waals surface area (Å²) < 4.78 is 41.3. The molecule has 3 aromatic heterocycles. The average molecular weight is 682 g/mol. The standard InChI is InChI=1S/C36H39N7O5S/c1-23-16-17-26-27(12-7-14-30(26)42-49(45,46)31-15-6-10-24(2)39-31)32(23)47-33-28(13-8-19-37-33)29-18-20-38-34(41-29)40-25-11-9-21-43(22-25)35(44)48-36(3,4)5/h6-8,10,12-20,25,42H,9,11,21-22H2,1-5H3,(H,38,40,41)/t25-/m0/s1. The van der Waals surface area contributed by atoms with Gasteiger partial charge in [-0.15, -0.1) is 0 Å². The number of nitrogens with zero attached hydrogens (tertiary/aromatic N) is 5. The molecule has 1 saturated heterocycles. The lowest BCUT2D eigenvalue weighted by atomic mass is 10.0. The number of anilines is 2. The van der Waals surface area contributed by atoms with E-state index >= 15 is 0 Å². The number of pyridine rings is 2. The third kappa shape index (κ3) is 7.89. The second-order valence-electron chi connectivity index (χ2n) is 13.0. The van der Waals surface area contributed by atoms with Crippen molar-refractivity contribution in [1.29, 1.82) is 0 Å². The molecule has 1 amide bonds. The van der Waals surface area contributed by atoms with Crippen molar-refractivity contribution in [2.75, 3.05) is 23.1 Å². The number of benzene rings is 2. The quantitative estimate of drug-likeness (QED) is 0.174. The average Bonchev–Trinajstić information content (AvgIpc) is 3.06. The van der Waals surface area contributed by atoms with Crippen LogP contribution in [0.5, 0.6) is 11.6 Å². The zero-order valence-corrected chi connectivity index (χ0v) is 28.9. The van der Waals surface area contributed by atoms with E-state index in [4.69, 9.17) is 14.5 Å². The maximum Gasteiger partial charge on any atom is 0.410 e. The van der Waals surface area contributed by atoms with Gasteiger partial charge in [0.25, 0.3) is 10.0 Å². The lowest BCUT2D eigenvalue weighted by Crippen LogP contribution is -2.47. The second kappa shape index (κ2) is 13.7. The third-order valence-electron chi connectivity index (χ3n) is 7.90. The first-order valence-electron chi connectivity index (χ1n) is 16.1. The number of hydrogen-bond acceptors (Lipinski definition) is 10. The highest BCUT2D eigenvalue weighted by Crippen LogP contribution is 2.39. The van der Waals surface area contributed by atoms with Crippen LogP contribution in [0.1, 0.15) is 44.9 Å². The Bertz CT molecular complexity index is 2120. The Morgan fingerprint density at radius 3 is 2.53 bits per heavy atom. The summed E-state index contributed by atoms with van der Waals surface area (Å²) in [6.07, 6.45) is 4.66. The van der Waals surface area contributed by atoms with Crippen LogP contribution in [0.2, 0.25) is 0 Å². The van der Waals surface area contributed by atoms with Gasteiger partial charge in [0.05, 0.1) is 16.9 Å². The van der Waals surface area contributed by atoms with Crippen LogP contribution >= 0.6 is 0 Å². The predicted molar refractivity (Wildman–Crippen MR) is 188 cm³/mol. The van der Waals surface area contributed by atoms with Crippen LogP contribution in [-0.2, 0) is 14.8 Å². The number of piperidine rings is 1. The molecule has 0 unspecified atom stereocenters. The fraction of sp³-hybridized carbons (Fsp3) is 0.306. The highest BCUT2D eigenvalue weighted by Gasteiger charge is 2.28. The first kappa shape index (κ1) is 33.6. The van der Waals surface area contributed by atoms with Crippen LogP contribution in [0.25, 0.3) is 22.0 Å². The maximum absolute atomic E-state index is 13.2. The topological polar surface area (TPSA) is 149 Å². The van der Waals surface area contributed by atoms with Crippen LogP contribution in [0, 0.1) is 13.8 Å². The molecule has 1 fully saturated rings. The summed E-state index contributed by atoms with van der Waals surface area (Å²) in [7, 11) is -3.94. The van der Waals surface area contributed by atoms with Crippen molar-refractivity contribution in [2.45, 2.75) is 64.1 Å². The number of ether oxygens (including phenoxy) is 2. The molecular formula is C36H39N7O5S. The number of amides is 1. The number of nitrogens with one attached hydrogen (secondary N) is 2. The van der Waals surface area contributed by atoms with Gasteiger partial charge in [0.2, 0.25) is 11.8 Å². The molecule has 254 valence electrons.